The second kappa shape index (κ2) is 8.08. The lowest BCUT2D eigenvalue weighted by Crippen LogP contribution is -2.82. The molecule has 4 N–H and O–H groups in total. The van der Waals surface area contributed by atoms with E-state index < -0.39 is 0 Å². The van der Waals surface area contributed by atoms with Gasteiger partial charge in [0.1, 0.15) is 11.5 Å². The fourth-order valence-corrected chi connectivity index (χ4v) is 3.35. The number of carbonyl (C=O) groups excluding carboxylic acids is 1. The van der Waals surface area contributed by atoms with Gasteiger partial charge in [0, 0.05) is 29.0 Å². The number of aliphatic hydroxyl groups excluding tert-OH is 1. The van der Waals surface area contributed by atoms with Gasteiger partial charge in [-0.15, -0.1) is 11.3 Å². The van der Waals surface area contributed by atoms with Crippen LogP contribution in [0.15, 0.2) is 30.3 Å². The number of hydrogen-bond donors (Lipinski definition) is 3. The molecule has 0 aliphatic heterocycles. The minimum atomic E-state index is -0.0709. The van der Waals surface area contributed by atoms with Crippen molar-refractivity contribution in [2.45, 2.75) is 26.8 Å². The Labute approximate surface area is 135 Å². The zero-order chi connectivity index (χ0) is 15.9. The van der Waals surface area contributed by atoms with Crippen molar-refractivity contribution in [1.29, 1.82) is 0 Å². The van der Waals surface area contributed by atoms with Gasteiger partial charge in [-0.25, -0.2) is 0 Å². The van der Waals surface area contributed by atoms with Gasteiger partial charge < -0.3 is 15.7 Å². The number of nitrogens with two attached hydrogens (primary N) is 1. The van der Waals surface area contributed by atoms with Crippen molar-refractivity contribution in [3.05, 3.63) is 51.9 Å². The molecule has 4 nitrogen and oxygen atoms in total. The standard InChI is InChI=1S/C17H22N2O2S/c1-12-13(2)22-17(15(12)11-18-9-6-10-20)19-16(21)14-7-4-3-5-8-14/h3-5,7-8,18,20H,6,9-11H2,1-2H3,(H,19,21)/p+1. The molecular weight excluding hydrogens is 296 g/mol. The van der Waals surface area contributed by atoms with Crippen LogP contribution in [0.4, 0.5) is 5.00 Å². The summed E-state index contributed by atoms with van der Waals surface area (Å²) in [6.07, 6.45) is 0.786. The van der Waals surface area contributed by atoms with Gasteiger partial charge in [0.25, 0.3) is 5.91 Å². The number of anilines is 1. The fourth-order valence-electron chi connectivity index (χ4n) is 2.27. The zero-order valence-electron chi connectivity index (χ0n) is 13.1. The van der Waals surface area contributed by atoms with Crippen molar-refractivity contribution in [3.8, 4) is 0 Å². The van der Waals surface area contributed by atoms with E-state index in [1.807, 2.05) is 30.3 Å². The Morgan fingerprint density at radius 3 is 2.68 bits per heavy atom. The summed E-state index contributed by atoms with van der Waals surface area (Å²) in [6.45, 7) is 6.10. The van der Waals surface area contributed by atoms with Crippen LogP contribution < -0.4 is 10.6 Å². The van der Waals surface area contributed by atoms with E-state index in [9.17, 15) is 4.79 Å². The van der Waals surface area contributed by atoms with Gasteiger partial charge in [-0.3, -0.25) is 4.79 Å². The molecule has 0 bridgehead atoms. The Kier molecular flexibility index (Phi) is 6.12. The van der Waals surface area contributed by atoms with Crippen LogP contribution in [0.1, 0.15) is 32.8 Å². The number of hydrogen-bond acceptors (Lipinski definition) is 3. The first-order valence-corrected chi connectivity index (χ1v) is 8.33. The van der Waals surface area contributed by atoms with Crippen molar-refractivity contribution in [3.63, 3.8) is 0 Å². The molecule has 0 fully saturated rings. The summed E-state index contributed by atoms with van der Waals surface area (Å²) in [5.74, 6) is -0.0709. The molecule has 0 aliphatic carbocycles. The lowest BCUT2D eigenvalue weighted by molar-refractivity contribution is -0.670. The topological polar surface area (TPSA) is 65.9 Å². The SMILES string of the molecule is Cc1sc(NC(=O)c2ccccc2)c(C[NH2+]CCCO)c1C. The highest BCUT2D eigenvalue weighted by Gasteiger charge is 2.16. The average Bonchev–Trinajstić information content (AvgIpc) is 2.79. The highest BCUT2D eigenvalue weighted by atomic mass is 32.1. The largest absolute Gasteiger partial charge is 0.396 e. The first-order valence-electron chi connectivity index (χ1n) is 7.51. The monoisotopic (exact) mass is 319 g/mol. The first-order chi connectivity index (χ1) is 10.6. The fraction of sp³-hybridized carbons (Fsp3) is 0.353. The maximum absolute atomic E-state index is 12.3. The third-order valence-electron chi connectivity index (χ3n) is 3.69. The Bertz CT molecular complexity index is 623. The van der Waals surface area contributed by atoms with Crippen LogP contribution in [0.2, 0.25) is 0 Å². The number of thiophene rings is 1. The molecular formula is C17H23N2O2S+. The normalized spacial score (nSPS) is 10.7. The Hall–Kier alpha value is -1.69. The second-order valence-corrected chi connectivity index (χ2v) is 6.49. The van der Waals surface area contributed by atoms with Gasteiger partial charge in [0.2, 0.25) is 0 Å². The summed E-state index contributed by atoms with van der Waals surface area (Å²) in [4.78, 5) is 13.5. The van der Waals surface area contributed by atoms with E-state index in [2.05, 4.69) is 24.5 Å². The van der Waals surface area contributed by atoms with Gasteiger partial charge in [-0.1, -0.05) is 18.2 Å². The van der Waals surface area contributed by atoms with Crippen molar-refractivity contribution in [2.24, 2.45) is 0 Å². The van der Waals surface area contributed by atoms with Crippen molar-refractivity contribution < 1.29 is 15.2 Å². The average molecular weight is 319 g/mol. The third-order valence-corrected chi connectivity index (χ3v) is 4.85. The molecule has 0 unspecified atom stereocenters. The molecule has 0 saturated heterocycles. The highest BCUT2D eigenvalue weighted by molar-refractivity contribution is 7.16. The molecule has 0 spiro atoms. The van der Waals surface area contributed by atoms with Gasteiger partial charge in [-0.05, 0) is 31.5 Å². The summed E-state index contributed by atoms with van der Waals surface area (Å²) in [7, 11) is 0. The summed E-state index contributed by atoms with van der Waals surface area (Å²) in [5.41, 5.74) is 3.10. The second-order valence-electron chi connectivity index (χ2n) is 5.27. The number of quaternary nitrogens is 1. The number of rotatable bonds is 7. The van der Waals surface area contributed by atoms with E-state index in [0.717, 1.165) is 24.5 Å². The number of nitrogens with one attached hydrogen (secondary N) is 1. The molecule has 1 amide bonds. The smallest absolute Gasteiger partial charge is 0.256 e. The summed E-state index contributed by atoms with van der Waals surface area (Å²) >= 11 is 1.63. The van der Waals surface area contributed by atoms with Crippen molar-refractivity contribution in [1.82, 2.24) is 0 Å². The zero-order valence-corrected chi connectivity index (χ0v) is 13.9. The Balaban J connectivity index is 2.10. The van der Waals surface area contributed by atoms with E-state index in [1.54, 1.807) is 11.3 Å². The first kappa shape index (κ1) is 16.7. The van der Waals surface area contributed by atoms with Gasteiger partial charge in [0.05, 0.1) is 6.54 Å². The van der Waals surface area contributed by atoms with Crippen LogP contribution in [0, 0.1) is 13.8 Å². The van der Waals surface area contributed by atoms with Crippen LogP contribution in [-0.4, -0.2) is 24.2 Å². The van der Waals surface area contributed by atoms with Crippen LogP contribution in [0.25, 0.3) is 0 Å². The molecule has 2 rings (SSSR count). The van der Waals surface area contributed by atoms with Crippen LogP contribution in [0.3, 0.4) is 0 Å². The van der Waals surface area contributed by atoms with Gasteiger partial charge >= 0.3 is 0 Å². The lowest BCUT2D eigenvalue weighted by atomic mass is 10.1. The molecule has 1 aromatic carbocycles. The number of benzene rings is 1. The summed E-state index contributed by atoms with van der Waals surface area (Å²) in [5, 5.41) is 15.0. The predicted octanol–water partition coefficient (Wildman–Crippen LogP) is 2.06. The maximum Gasteiger partial charge on any atom is 0.256 e. The molecule has 2 aromatic rings. The number of aryl methyl sites for hydroxylation is 1. The van der Waals surface area contributed by atoms with Crippen LogP contribution in [0.5, 0.6) is 0 Å². The molecule has 22 heavy (non-hydrogen) atoms. The van der Waals surface area contributed by atoms with E-state index in [0.29, 0.717) is 5.56 Å². The Morgan fingerprint density at radius 1 is 1.27 bits per heavy atom. The van der Waals surface area contributed by atoms with Crippen LogP contribution in [-0.2, 0) is 6.54 Å². The summed E-state index contributed by atoms with van der Waals surface area (Å²) in [6, 6.07) is 9.26. The number of carbonyl (C=O) groups is 1. The number of amides is 1. The molecule has 0 atom stereocenters. The molecule has 0 aliphatic rings. The lowest BCUT2D eigenvalue weighted by Gasteiger charge is -2.07. The van der Waals surface area contributed by atoms with Gasteiger partial charge in [-0.2, -0.15) is 0 Å². The molecule has 1 heterocycles. The van der Waals surface area contributed by atoms with Gasteiger partial charge in [0.15, 0.2) is 0 Å². The predicted molar refractivity (Wildman–Crippen MR) is 90.4 cm³/mol. The van der Waals surface area contributed by atoms with E-state index >= 15 is 0 Å². The molecule has 0 radical (unpaired) electrons. The van der Waals surface area contributed by atoms with E-state index in [4.69, 9.17) is 5.11 Å². The Morgan fingerprint density at radius 2 is 2.00 bits per heavy atom. The highest BCUT2D eigenvalue weighted by Crippen LogP contribution is 2.32. The maximum atomic E-state index is 12.3. The summed E-state index contributed by atoms with van der Waals surface area (Å²) < 4.78 is 0. The molecule has 0 saturated carbocycles. The molecule has 5 heteroatoms. The van der Waals surface area contributed by atoms with E-state index in [-0.39, 0.29) is 12.5 Å². The third kappa shape index (κ3) is 4.16. The number of aliphatic hydroxyl groups is 1. The molecule has 1 aromatic heterocycles. The van der Waals surface area contributed by atoms with Crippen molar-refractivity contribution in [2.75, 3.05) is 18.5 Å². The minimum absolute atomic E-state index is 0.0709. The quantitative estimate of drug-likeness (QED) is 0.684. The van der Waals surface area contributed by atoms with Crippen molar-refractivity contribution >= 4 is 22.2 Å². The molecule has 118 valence electrons. The van der Waals surface area contributed by atoms with Crippen LogP contribution >= 0.6 is 11.3 Å². The van der Waals surface area contributed by atoms with E-state index in [1.165, 1.54) is 16.0 Å². The minimum Gasteiger partial charge on any atom is -0.396 e.